The molecule has 0 saturated carbocycles. The van der Waals surface area contributed by atoms with Crippen LogP contribution in [0.3, 0.4) is 0 Å². The topological polar surface area (TPSA) is 47.9 Å². The predicted molar refractivity (Wildman–Crippen MR) is 94.1 cm³/mol. The van der Waals surface area contributed by atoms with Gasteiger partial charge in [0.1, 0.15) is 0 Å². The molecule has 0 aromatic heterocycles. The van der Waals surface area contributed by atoms with Crippen molar-refractivity contribution in [2.75, 3.05) is 13.2 Å². The number of benzene rings is 2. The maximum absolute atomic E-state index is 13.2. The van der Waals surface area contributed by atoms with Crippen LogP contribution in [0.25, 0.3) is 0 Å². The summed E-state index contributed by atoms with van der Waals surface area (Å²) in [4.78, 5) is 4.54. The zero-order chi connectivity index (χ0) is 16.5. The SMILES string of the molecule is CCOP(=O)(OCC)C(/N=C/c1ccccc1)c1ccccc1. The summed E-state index contributed by atoms with van der Waals surface area (Å²) in [6.45, 7) is 4.21. The molecule has 0 heterocycles. The van der Waals surface area contributed by atoms with E-state index in [0.717, 1.165) is 11.1 Å². The molecule has 2 aromatic carbocycles. The van der Waals surface area contributed by atoms with E-state index in [0.29, 0.717) is 13.2 Å². The molecule has 0 fully saturated rings. The van der Waals surface area contributed by atoms with Crippen molar-refractivity contribution in [2.24, 2.45) is 4.99 Å². The van der Waals surface area contributed by atoms with Gasteiger partial charge in [0.2, 0.25) is 0 Å². The lowest BCUT2D eigenvalue weighted by Gasteiger charge is -2.23. The fourth-order valence-corrected chi connectivity index (χ4v) is 4.05. The number of nitrogens with zero attached hydrogens (tertiary/aromatic N) is 1. The van der Waals surface area contributed by atoms with Gasteiger partial charge in [0, 0.05) is 6.21 Å². The molecule has 0 N–H and O–H groups in total. The lowest BCUT2D eigenvalue weighted by Crippen LogP contribution is -2.05. The first-order valence-electron chi connectivity index (χ1n) is 7.71. The Morgan fingerprint density at radius 1 is 0.957 bits per heavy atom. The smallest absolute Gasteiger partial charge is 0.307 e. The van der Waals surface area contributed by atoms with E-state index in [2.05, 4.69) is 4.99 Å². The van der Waals surface area contributed by atoms with Gasteiger partial charge in [-0.3, -0.25) is 9.56 Å². The van der Waals surface area contributed by atoms with Gasteiger partial charge >= 0.3 is 7.60 Å². The van der Waals surface area contributed by atoms with Crippen LogP contribution in [0.4, 0.5) is 0 Å². The fourth-order valence-electron chi connectivity index (χ4n) is 2.21. The third kappa shape index (κ3) is 4.87. The van der Waals surface area contributed by atoms with Crippen LogP contribution in [0, 0.1) is 0 Å². The summed E-state index contributed by atoms with van der Waals surface area (Å²) in [6.07, 6.45) is 1.71. The predicted octanol–water partition coefficient (Wildman–Crippen LogP) is 5.07. The summed E-state index contributed by atoms with van der Waals surface area (Å²) in [5.74, 6) is -0.677. The maximum atomic E-state index is 13.2. The van der Waals surface area contributed by atoms with Crippen molar-refractivity contribution in [3.63, 3.8) is 0 Å². The Labute approximate surface area is 137 Å². The Morgan fingerprint density at radius 3 is 2.00 bits per heavy atom. The molecular formula is C18H22NO3P. The average Bonchev–Trinajstić information content (AvgIpc) is 2.57. The van der Waals surface area contributed by atoms with Crippen LogP contribution in [0.5, 0.6) is 0 Å². The van der Waals surface area contributed by atoms with Crippen molar-refractivity contribution in [3.05, 3.63) is 71.8 Å². The minimum absolute atomic E-state index is 0.307. The summed E-state index contributed by atoms with van der Waals surface area (Å²) in [7, 11) is -3.39. The first-order valence-corrected chi connectivity index (χ1v) is 9.32. The molecule has 0 amide bonds. The van der Waals surface area contributed by atoms with Gasteiger partial charge in [-0.25, -0.2) is 0 Å². The van der Waals surface area contributed by atoms with Crippen molar-refractivity contribution >= 4 is 13.8 Å². The molecular weight excluding hydrogens is 309 g/mol. The standard InChI is InChI=1S/C18H22NO3P/c1-3-21-23(20,22-4-2)18(17-13-9-6-10-14-17)19-15-16-11-7-5-8-12-16/h5-15,18H,3-4H2,1-2H3/b19-15+. The van der Waals surface area contributed by atoms with Gasteiger partial charge in [0.15, 0.2) is 5.78 Å². The van der Waals surface area contributed by atoms with Gasteiger partial charge in [-0.1, -0.05) is 60.7 Å². The molecule has 1 unspecified atom stereocenters. The van der Waals surface area contributed by atoms with Crippen molar-refractivity contribution in [1.82, 2.24) is 0 Å². The molecule has 5 heteroatoms. The zero-order valence-electron chi connectivity index (χ0n) is 13.5. The molecule has 0 aliphatic heterocycles. The molecule has 2 rings (SSSR count). The molecule has 122 valence electrons. The second-order valence-corrected chi connectivity index (χ2v) is 6.93. The largest absolute Gasteiger partial charge is 0.359 e. The summed E-state index contributed by atoms with van der Waals surface area (Å²) in [5.41, 5.74) is 1.75. The van der Waals surface area contributed by atoms with Crippen molar-refractivity contribution < 1.29 is 13.6 Å². The molecule has 2 aromatic rings. The molecule has 0 radical (unpaired) electrons. The van der Waals surface area contributed by atoms with Gasteiger partial charge in [-0.2, -0.15) is 0 Å². The molecule has 0 aliphatic carbocycles. The van der Waals surface area contributed by atoms with Gasteiger partial charge in [-0.05, 0) is 25.0 Å². The molecule has 0 saturated heterocycles. The highest BCUT2D eigenvalue weighted by atomic mass is 31.2. The Kier molecular flexibility index (Phi) is 6.72. The Balaban J connectivity index is 2.39. The number of aliphatic imine (C=N–C) groups is 1. The molecule has 23 heavy (non-hydrogen) atoms. The second kappa shape index (κ2) is 8.78. The molecule has 0 spiro atoms. The fraction of sp³-hybridized carbons (Fsp3) is 0.278. The van der Waals surface area contributed by atoms with E-state index >= 15 is 0 Å². The first-order chi connectivity index (χ1) is 11.2. The zero-order valence-corrected chi connectivity index (χ0v) is 14.4. The first kappa shape index (κ1) is 17.6. The van der Waals surface area contributed by atoms with Crippen LogP contribution < -0.4 is 0 Å². The van der Waals surface area contributed by atoms with Crippen LogP contribution in [0.15, 0.2) is 65.7 Å². The van der Waals surface area contributed by atoms with Crippen LogP contribution >= 0.6 is 7.60 Å². The summed E-state index contributed by atoms with van der Waals surface area (Å²) in [6, 6.07) is 19.2. The Hall–Kier alpha value is -1.74. The number of hydrogen-bond donors (Lipinski definition) is 0. The lowest BCUT2D eigenvalue weighted by molar-refractivity contribution is 0.212. The monoisotopic (exact) mass is 331 g/mol. The van der Waals surface area contributed by atoms with E-state index in [-0.39, 0.29) is 0 Å². The van der Waals surface area contributed by atoms with Crippen molar-refractivity contribution in [2.45, 2.75) is 19.6 Å². The minimum Gasteiger partial charge on any atom is -0.307 e. The maximum Gasteiger partial charge on any atom is 0.359 e. The highest BCUT2D eigenvalue weighted by Crippen LogP contribution is 2.61. The van der Waals surface area contributed by atoms with Crippen molar-refractivity contribution in [1.29, 1.82) is 0 Å². The van der Waals surface area contributed by atoms with E-state index in [1.54, 1.807) is 20.1 Å². The normalized spacial score (nSPS) is 13.3. The molecule has 0 bridgehead atoms. The van der Waals surface area contributed by atoms with E-state index in [1.807, 2.05) is 60.7 Å². The lowest BCUT2D eigenvalue weighted by atomic mass is 10.2. The number of rotatable bonds is 8. The molecule has 1 atom stereocenters. The third-order valence-corrected chi connectivity index (χ3v) is 5.45. The van der Waals surface area contributed by atoms with E-state index < -0.39 is 13.4 Å². The minimum atomic E-state index is -3.39. The van der Waals surface area contributed by atoms with Gasteiger partial charge in [0.25, 0.3) is 0 Å². The van der Waals surface area contributed by atoms with E-state index in [9.17, 15) is 4.57 Å². The van der Waals surface area contributed by atoms with Crippen LogP contribution in [-0.2, 0) is 13.6 Å². The molecule has 4 nitrogen and oxygen atoms in total. The highest BCUT2D eigenvalue weighted by Gasteiger charge is 2.36. The molecule has 0 aliphatic rings. The number of hydrogen-bond acceptors (Lipinski definition) is 4. The van der Waals surface area contributed by atoms with Crippen LogP contribution in [0.1, 0.15) is 30.8 Å². The third-order valence-electron chi connectivity index (χ3n) is 3.18. The van der Waals surface area contributed by atoms with Crippen molar-refractivity contribution in [3.8, 4) is 0 Å². The second-order valence-electron chi connectivity index (χ2n) is 4.85. The quantitative estimate of drug-likeness (QED) is 0.501. The summed E-state index contributed by atoms with van der Waals surface area (Å²) >= 11 is 0. The summed E-state index contributed by atoms with van der Waals surface area (Å²) < 4.78 is 24.2. The van der Waals surface area contributed by atoms with Gasteiger partial charge < -0.3 is 9.05 Å². The average molecular weight is 331 g/mol. The summed E-state index contributed by atoms with van der Waals surface area (Å²) in [5, 5.41) is 0. The highest BCUT2D eigenvalue weighted by molar-refractivity contribution is 7.54. The van der Waals surface area contributed by atoms with Gasteiger partial charge in [-0.15, -0.1) is 0 Å². The van der Waals surface area contributed by atoms with E-state index in [4.69, 9.17) is 9.05 Å². The Bertz CT molecular complexity index is 648. The van der Waals surface area contributed by atoms with Gasteiger partial charge in [0.05, 0.1) is 13.2 Å². The van der Waals surface area contributed by atoms with Crippen LogP contribution in [0.2, 0.25) is 0 Å². The van der Waals surface area contributed by atoms with Crippen LogP contribution in [-0.4, -0.2) is 19.4 Å². The van der Waals surface area contributed by atoms with E-state index in [1.165, 1.54) is 0 Å². The Morgan fingerprint density at radius 2 is 1.48 bits per heavy atom.